The molecular weight excluding hydrogens is 176 g/mol. The van der Waals surface area contributed by atoms with E-state index in [-0.39, 0.29) is 0 Å². The lowest BCUT2D eigenvalue weighted by atomic mass is 10.0. The number of hydrogen-bond donors (Lipinski definition) is 0. The van der Waals surface area contributed by atoms with Crippen molar-refractivity contribution in [2.24, 2.45) is 0 Å². The number of carbonyl (C=O) groups is 2. The lowest BCUT2D eigenvalue weighted by Crippen LogP contribution is -2.02. The molecule has 0 atom stereocenters. The van der Waals surface area contributed by atoms with Gasteiger partial charge in [0.25, 0.3) is 0 Å². The Kier molecular flexibility index (Phi) is 5.20. The standard InChI is InChI=1S/C12H18O2/c13-11-7-4-2-1-3-5-8-12(14)10-6-9-11/h1-2H,3-10H2. The highest BCUT2D eigenvalue weighted by molar-refractivity contribution is 5.81. The first-order valence-corrected chi connectivity index (χ1v) is 5.47. The van der Waals surface area contributed by atoms with Crippen LogP contribution in [0.4, 0.5) is 0 Å². The highest BCUT2D eigenvalue weighted by Crippen LogP contribution is 2.08. The maximum Gasteiger partial charge on any atom is 0.133 e. The number of hydrogen-bond acceptors (Lipinski definition) is 2. The normalized spacial score (nSPS) is 21.4. The Hall–Kier alpha value is -0.920. The number of Topliss-reactive ketones (excluding diaryl/α,β-unsaturated/α-hetero) is 2. The molecule has 2 heteroatoms. The molecular formula is C12H18O2. The van der Waals surface area contributed by atoms with Crippen molar-refractivity contribution in [3.05, 3.63) is 12.2 Å². The summed E-state index contributed by atoms with van der Waals surface area (Å²) in [6, 6.07) is 0. The SMILES string of the molecule is O=C1CCC=CCCCC(=O)CCC1. The van der Waals surface area contributed by atoms with Crippen molar-refractivity contribution in [2.75, 3.05) is 0 Å². The molecule has 78 valence electrons. The van der Waals surface area contributed by atoms with Gasteiger partial charge in [0, 0.05) is 25.7 Å². The van der Waals surface area contributed by atoms with E-state index in [1.807, 2.05) is 0 Å². The van der Waals surface area contributed by atoms with E-state index in [9.17, 15) is 9.59 Å². The monoisotopic (exact) mass is 194 g/mol. The molecule has 0 aromatic heterocycles. The molecule has 1 rings (SSSR count). The molecule has 0 radical (unpaired) electrons. The third-order valence-electron chi connectivity index (χ3n) is 2.49. The smallest absolute Gasteiger partial charge is 0.133 e. The van der Waals surface area contributed by atoms with E-state index in [2.05, 4.69) is 12.2 Å². The van der Waals surface area contributed by atoms with Crippen LogP contribution in [0.3, 0.4) is 0 Å². The molecule has 0 amide bonds. The third kappa shape index (κ3) is 4.95. The van der Waals surface area contributed by atoms with Crippen molar-refractivity contribution in [1.29, 1.82) is 0 Å². The van der Waals surface area contributed by atoms with Crippen LogP contribution in [0.25, 0.3) is 0 Å². The Balaban J connectivity index is 2.38. The van der Waals surface area contributed by atoms with Gasteiger partial charge in [0.1, 0.15) is 11.6 Å². The van der Waals surface area contributed by atoms with Gasteiger partial charge >= 0.3 is 0 Å². The van der Waals surface area contributed by atoms with Crippen LogP contribution in [-0.2, 0) is 9.59 Å². The molecule has 2 nitrogen and oxygen atoms in total. The van der Waals surface area contributed by atoms with Crippen LogP contribution in [0.15, 0.2) is 12.2 Å². The van der Waals surface area contributed by atoms with Crippen LogP contribution in [-0.4, -0.2) is 11.6 Å². The van der Waals surface area contributed by atoms with Gasteiger partial charge in [0.2, 0.25) is 0 Å². The lowest BCUT2D eigenvalue weighted by molar-refractivity contribution is -0.120. The summed E-state index contributed by atoms with van der Waals surface area (Å²) in [6.45, 7) is 0. The number of rotatable bonds is 0. The molecule has 0 spiro atoms. The quantitative estimate of drug-likeness (QED) is 0.556. The van der Waals surface area contributed by atoms with E-state index in [1.165, 1.54) is 0 Å². The van der Waals surface area contributed by atoms with Crippen LogP contribution in [0.1, 0.15) is 51.4 Å². The van der Waals surface area contributed by atoms with Gasteiger partial charge in [0.15, 0.2) is 0 Å². The largest absolute Gasteiger partial charge is 0.300 e. The first-order chi connectivity index (χ1) is 6.79. The van der Waals surface area contributed by atoms with Crippen LogP contribution in [0.2, 0.25) is 0 Å². The fraction of sp³-hybridized carbons (Fsp3) is 0.667. The van der Waals surface area contributed by atoms with Gasteiger partial charge in [-0.15, -0.1) is 0 Å². The third-order valence-corrected chi connectivity index (χ3v) is 2.49. The van der Waals surface area contributed by atoms with Crippen molar-refractivity contribution < 1.29 is 9.59 Å². The minimum atomic E-state index is 0.294. The number of carbonyl (C=O) groups excluding carboxylic acids is 2. The predicted octanol–water partition coefficient (Wildman–Crippen LogP) is 2.82. The Bertz CT molecular complexity index is 228. The number of ketones is 2. The molecule has 0 saturated carbocycles. The molecule has 0 fully saturated rings. The van der Waals surface area contributed by atoms with Crippen molar-refractivity contribution >= 4 is 11.6 Å². The Morgan fingerprint density at radius 1 is 0.714 bits per heavy atom. The summed E-state index contributed by atoms with van der Waals surface area (Å²) >= 11 is 0. The minimum absolute atomic E-state index is 0.294. The van der Waals surface area contributed by atoms with Gasteiger partial charge in [-0.25, -0.2) is 0 Å². The molecule has 0 N–H and O–H groups in total. The lowest BCUT2D eigenvalue weighted by Gasteiger charge is -2.02. The van der Waals surface area contributed by atoms with Crippen molar-refractivity contribution in [3.8, 4) is 0 Å². The Morgan fingerprint density at radius 2 is 1.29 bits per heavy atom. The van der Waals surface area contributed by atoms with E-state index in [0.29, 0.717) is 37.2 Å². The maximum absolute atomic E-state index is 11.3. The second-order valence-electron chi connectivity index (χ2n) is 3.83. The molecule has 0 aromatic rings. The molecule has 1 aliphatic rings. The Morgan fingerprint density at radius 3 is 2.07 bits per heavy atom. The van der Waals surface area contributed by atoms with Crippen molar-refractivity contribution in [2.45, 2.75) is 51.4 Å². The molecule has 0 unspecified atom stereocenters. The second kappa shape index (κ2) is 6.52. The van der Waals surface area contributed by atoms with E-state index in [1.54, 1.807) is 0 Å². The first kappa shape index (κ1) is 11.2. The summed E-state index contributed by atoms with van der Waals surface area (Å²) < 4.78 is 0. The van der Waals surface area contributed by atoms with Gasteiger partial charge in [0.05, 0.1) is 0 Å². The van der Waals surface area contributed by atoms with Crippen LogP contribution in [0, 0.1) is 0 Å². The van der Waals surface area contributed by atoms with Gasteiger partial charge in [-0.1, -0.05) is 12.2 Å². The van der Waals surface area contributed by atoms with E-state index >= 15 is 0 Å². The molecule has 0 bridgehead atoms. The highest BCUT2D eigenvalue weighted by atomic mass is 16.1. The van der Waals surface area contributed by atoms with Crippen LogP contribution < -0.4 is 0 Å². The molecule has 0 aliphatic heterocycles. The zero-order valence-corrected chi connectivity index (χ0v) is 8.63. The van der Waals surface area contributed by atoms with Crippen LogP contribution in [0.5, 0.6) is 0 Å². The fourth-order valence-electron chi connectivity index (χ4n) is 1.63. The highest BCUT2D eigenvalue weighted by Gasteiger charge is 2.05. The zero-order chi connectivity index (χ0) is 10.2. The summed E-state index contributed by atoms with van der Waals surface area (Å²) in [5.74, 6) is 0.606. The number of allylic oxidation sites excluding steroid dienone is 2. The van der Waals surface area contributed by atoms with Gasteiger partial charge in [-0.3, -0.25) is 9.59 Å². The average Bonchev–Trinajstić information content (AvgIpc) is 2.14. The van der Waals surface area contributed by atoms with Gasteiger partial charge in [-0.2, -0.15) is 0 Å². The van der Waals surface area contributed by atoms with Crippen molar-refractivity contribution in [3.63, 3.8) is 0 Å². The summed E-state index contributed by atoms with van der Waals surface area (Å²) in [5, 5.41) is 0. The molecule has 14 heavy (non-hydrogen) atoms. The predicted molar refractivity (Wildman–Crippen MR) is 56.1 cm³/mol. The summed E-state index contributed by atoms with van der Waals surface area (Å²) in [7, 11) is 0. The fourth-order valence-corrected chi connectivity index (χ4v) is 1.63. The zero-order valence-electron chi connectivity index (χ0n) is 8.63. The average molecular weight is 194 g/mol. The minimum Gasteiger partial charge on any atom is -0.300 e. The summed E-state index contributed by atoms with van der Waals surface area (Å²) in [5.41, 5.74) is 0. The summed E-state index contributed by atoms with van der Waals surface area (Å²) in [4.78, 5) is 22.5. The topological polar surface area (TPSA) is 34.1 Å². The van der Waals surface area contributed by atoms with Gasteiger partial charge in [-0.05, 0) is 25.7 Å². The molecule has 0 aromatic carbocycles. The molecule has 0 saturated heterocycles. The van der Waals surface area contributed by atoms with E-state index in [0.717, 1.165) is 25.7 Å². The maximum atomic E-state index is 11.3. The summed E-state index contributed by atoms with van der Waals surface area (Å²) in [6.07, 6.45) is 10.2. The Labute approximate surface area is 85.4 Å². The van der Waals surface area contributed by atoms with Gasteiger partial charge < -0.3 is 0 Å². The van der Waals surface area contributed by atoms with E-state index in [4.69, 9.17) is 0 Å². The second-order valence-corrected chi connectivity index (χ2v) is 3.83. The van der Waals surface area contributed by atoms with Crippen molar-refractivity contribution in [1.82, 2.24) is 0 Å². The van der Waals surface area contributed by atoms with Crippen LogP contribution >= 0.6 is 0 Å². The molecule has 0 heterocycles. The first-order valence-electron chi connectivity index (χ1n) is 5.47. The molecule has 1 aliphatic carbocycles. The van der Waals surface area contributed by atoms with E-state index < -0.39 is 0 Å².